The number of methoxy groups -OCH3 is 1. The van der Waals surface area contributed by atoms with Crippen LogP contribution >= 0.6 is 0 Å². The largest absolute Gasteiger partial charge is 0.480 e. The van der Waals surface area contributed by atoms with Gasteiger partial charge in [-0.05, 0) is 37.8 Å². The molecule has 1 aliphatic carbocycles. The lowest BCUT2D eigenvalue weighted by Crippen LogP contribution is -2.43. The van der Waals surface area contributed by atoms with Crippen molar-refractivity contribution >= 4 is 17.5 Å². The molecule has 2 amide bonds. The lowest BCUT2D eigenvalue weighted by Gasteiger charge is -2.29. The summed E-state index contributed by atoms with van der Waals surface area (Å²) in [6.07, 6.45) is 6.72. The Kier molecular flexibility index (Phi) is 6.11. The summed E-state index contributed by atoms with van der Waals surface area (Å²) in [5.41, 5.74) is 0.844. The SMILES string of the molecule is COc1cncc(OC2CCC(NC(=O)C3CC(=O)N(c4ccccc4)C3)CC2)n1. The van der Waals surface area contributed by atoms with Crippen LogP contribution in [0.5, 0.6) is 11.8 Å². The van der Waals surface area contributed by atoms with Crippen molar-refractivity contribution < 1.29 is 19.1 Å². The van der Waals surface area contributed by atoms with Crippen LogP contribution < -0.4 is 19.7 Å². The lowest BCUT2D eigenvalue weighted by atomic mass is 9.92. The zero-order valence-corrected chi connectivity index (χ0v) is 17.0. The van der Waals surface area contributed by atoms with Crippen molar-refractivity contribution in [2.24, 2.45) is 5.92 Å². The van der Waals surface area contributed by atoms with Gasteiger partial charge in [0.1, 0.15) is 6.10 Å². The van der Waals surface area contributed by atoms with Crippen molar-refractivity contribution in [1.29, 1.82) is 0 Å². The Balaban J connectivity index is 1.25. The van der Waals surface area contributed by atoms with E-state index in [0.29, 0.717) is 18.3 Å². The highest BCUT2D eigenvalue weighted by atomic mass is 16.5. The van der Waals surface area contributed by atoms with Crippen molar-refractivity contribution in [2.75, 3.05) is 18.6 Å². The van der Waals surface area contributed by atoms with E-state index in [1.165, 1.54) is 6.20 Å². The quantitative estimate of drug-likeness (QED) is 0.786. The maximum Gasteiger partial charge on any atom is 0.235 e. The van der Waals surface area contributed by atoms with Gasteiger partial charge in [-0.1, -0.05) is 18.2 Å². The van der Waals surface area contributed by atoms with Crippen LogP contribution in [0.25, 0.3) is 0 Å². The summed E-state index contributed by atoms with van der Waals surface area (Å²) in [6, 6.07) is 9.60. The molecule has 2 heterocycles. The second-order valence-corrected chi connectivity index (χ2v) is 7.74. The fraction of sp³-hybridized carbons (Fsp3) is 0.455. The van der Waals surface area contributed by atoms with Crippen LogP contribution in [0, 0.1) is 5.92 Å². The molecule has 8 nitrogen and oxygen atoms in total. The number of nitrogens with one attached hydrogen (secondary N) is 1. The number of rotatable bonds is 6. The van der Waals surface area contributed by atoms with Crippen molar-refractivity contribution in [2.45, 2.75) is 44.2 Å². The highest BCUT2D eigenvalue weighted by Gasteiger charge is 2.36. The summed E-state index contributed by atoms with van der Waals surface area (Å²) >= 11 is 0. The average molecular weight is 410 g/mol. The molecule has 158 valence electrons. The molecule has 4 rings (SSSR count). The summed E-state index contributed by atoms with van der Waals surface area (Å²) < 4.78 is 11.0. The number of carbonyl (C=O) groups is 2. The second kappa shape index (κ2) is 9.11. The smallest absolute Gasteiger partial charge is 0.235 e. The Morgan fingerprint density at radius 1 is 1.10 bits per heavy atom. The van der Waals surface area contributed by atoms with Gasteiger partial charge in [-0.25, -0.2) is 0 Å². The highest BCUT2D eigenvalue weighted by molar-refractivity contribution is 6.00. The number of amides is 2. The van der Waals surface area contributed by atoms with Crippen molar-refractivity contribution in [3.05, 3.63) is 42.7 Å². The van der Waals surface area contributed by atoms with E-state index in [1.807, 2.05) is 30.3 Å². The van der Waals surface area contributed by atoms with Gasteiger partial charge in [0.2, 0.25) is 23.6 Å². The third kappa shape index (κ3) is 4.69. The minimum Gasteiger partial charge on any atom is -0.480 e. The van der Waals surface area contributed by atoms with E-state index in [0.717, 1.165) is 31.4 Å². The monoisotopic (exact) mass is 410 g/mol. The average Bonchev–Trinajstić information content (AvgIpc) is 3.18. The lowest BCUT2D eigenvalue weighted by molar-refractivity contribution is -0.127. The summed E-state index contributed by atoms with van der Waals surface area (Å²) in [6.45, 7) is 0.432. The van der Waals surface area contributed by atoms with Gasteiger partial charge in [0.25, 0.3) is 0 Å². The van der Waals surface area contributed by atoms with Crippen molar-refractivity contribution in [3.8, 4) is 11.8 Å². The van der Waals surface area contributed by atoms with Crippen molar-refractivity contribution in [1.82, 2.24) is 15.3 Å². The van der Waals surface area contributed by atoms with Gasteiger partial charge in [0, 0.05) is 24.7 Å². The summed E-state index contributed by atoms with van der Waals surface area (Å²) in [5.74, 6) is 0.526. The van der Waals surface area contributed by atoms with E-state index in [4.69, 9.17) is 9.47 Å². The van der Waals surface area contributed by atoms with E-state index in [9.17, 15) is 9.59 Å². The first kappa shape index (κ1) is 20.1. The molecule has 30 heavy (non-hydrogen) atoms. The number of benzene rings is 1. The first-order valence-corrected chi connectivity index (χ1v) is 10.3. The number of hydrogen-bond donors (Lipinski definition) is 1. The van der Waals surface area contributed by atoms with Crippen LogP contribution in [0.1, 0.15) is 32.1 Å². The Bertz CT molecular complexity index is 884. The van der Waals surface area contributed by atoms with Gasteiger partial charge in [-0.2, -0.15) is 4.98 Å². The van der Waals surface area contributed by atoms with Gasteiger partial charge in [-0.15, -0.1) is 0 Å². The molecule has 0 spiro atoms. The van der Waals surface area contributed by atoms with E-state index in [1.54, 1.807) is 18.2 Å². The molecule has 1 unspecified atom stereocenters. The number of anilines is 1. The van der Waals surface area contributed by atoms with Crippen LogP contribution in [-0.4, -0.2) is 47.6 Å². The third-order valence-corrected chi connectivity index (χ3v) is 5.67. The molecule has 1 aromatic heterocycles. The number of ether oxygens (including phenoxy) is 2. The maximum atomic E-state index is 12.7. The minimum absolute atomic E-state index is 0.00198. The number of nitrogens with zero attached hydrogens (tertiary/aromatic N) is 3. The van der Waals surface area contributed by atoms with Crippen molar-refractivity contribution in [3.63, 3.8) is 0 Å². The van der Waals surface area contributed by atoms with Crippen LogP contribution in [-0.2, 0) is 9.59 Å². The molecule has 1 saturated heterocycles. The van der Waals surface area contributed by atoms with Gasteiger partial charge in [-0.3, -0.25) is 14.6 Å². The molecular formula is C22H26N4O4. The summed E-state index contributed by atoms with van der Waals surface area (Å²) in [4.78, 5) is 35.1. The Hall–Kier alpha value is -3.16. The summed E-state index contributed by atoms with van der Waals surface area (Å²) in [5, 5.41) is 3.13. The molecule has 2 fully saturated rings. The van der Waals surface area contributed by atoms with E-state index in [-0.39, 0.29) is 36.3 Å². The van der Waals surface area contributed by atoms with Crippen LogP contribution in [0.3, 0.4) is 0 Å². The Morgan fingerprint density at radius 2 is 1.83 bits per heavy atom. The summed E-state index contributed by atoms with van der Waals surface area (Å²) in [7, 11) is 1.54. The van der Waals surface area contributed by atoms with Gasteiger partial charge in [0.15, 0.2) is 0 Å². The van der Waals surface area contributed by atoms with Gasteiger partial charge >= 0.3 is 0 Å². The Morgan fingerprint density at radius 3 is 2.57 bits per heavy atom. The fourth-order valence-electron chi connectivity index (χ4n) is 4.04. The van der Waals surface area contributed by atoms with Crippen LogP contribution in [0.2, 0.25) is 0 Å². The van der Waals surface area contributed by atoms with Gasteiger partial charge < -0.3 is 19.7 Å². The second-order valence-electron chi connectivity index (χ2n) is 7.74. The van der Waals surface area contributed by atoms with E-state index >= 15 is 0 Å². The molecule has 1 aliphatic heterocycles. The molecule has 2 aliphatic rings. The molecule has 2 aromatic rings. The molecule has 1 saturated carbocycles. The first-order valence-electron chi connectivity index (χ1n) is 10.3. The zero-order chi connectivity index (χ0) is 20.9. The minimum atomic E-state index is -0.307. The van der Waals surface area contributed by atoms with Crippen LogP contribution in [0.15, 0.2) is 42.7 Å². The predicted octanol–water partition coefficient (Wildman–Crippen LogP) is 2.34. The molecule has 1 aromatic carbocycles. The molecule has 0 bridgehead atoms. The van der Waals surface area contributed by atoms with E-state index in [2.05, 4.69) is 15.3 Å². The van der Waals surface area contributed by atoms with E-state index < -0.39 is 0 Å². The standard InChI is InChI=1S/C22H26N4O4/c1-29-19-12-23-13-20(25-19)30-18-9-7-16(8-10-18)24-22(28)15-11-21(27)26(14-15)17-5-3-2-4-6-17/h2-6,12-13,15-16,18H,7-11,14H2,1H3,(H,24,28). The van der Waals surface area contributed by atoms with Crippen LogP contribution in [0.4, 0.5) is 5.69 Å². The number of aromatic nitrogens is 2. The normalized spacial score (nSPS) is 23.8. The number of hydrogen-bond acceptors (Lipinski definition) is 6. The van der Waals surface area contributed by atoms with Gasteiger partial charge in [0.05, 0.1) is 25.4 Å². The molecule has 0 radical (unpaired) electrons. The highest BCUT2D eigenvalue weighted by Crippen LogP contribution is 2.27. The predicted molar refractivity (Wildman–Crippen MR) is 110 cm³/mol. The first-order chi connectivity index (χ1) is 14.6. The molecule has 1 atom stereocenters. The topological polar surface area (TPSA) is 93.7 Å². The third-order valence-electron chi connectivity index (χ3n) is 5.67. The molecular weight excluding hydrogens is 384 g/mol. The molecule has 8 heteroatoms. The maximum absolute atomic E-state index is 12.7. The fourth-order valence-corrected chi connectivity index (χ4v) is 4.04. The number of para-hydroxylation sites is 1. The zero-order valence-electron chi connectivity index (χ0n) is 17.0. The Labute approximate surface area is 175 Å². The molecule has 1 N–H and O–H groups in total. The number of carbonyl (C=O) groups excluding carboxylic acids is 2.